The number of amides is 2. The number of nitrogens with one attached hydrogen (secondary N) is 2. The normalized spacial score (nSPS) is 34.8. The monoisotopic (exact) mass is 184 g/mol. The summed E-state index contributed by atoms with van der Waals surface area (Å²) in [4.78, 5) is 22.1. The molecule has 13 heavy (non-hydrogen) atoms. The molecule has 0 aromatic rings. The van der Waals surface area contributed by atoms with Gasteiger partial charge in [-0.25, -0.2) is 0 Å². The summed E-state index contributed by atoms with van der Waals surface area (Å²) in [5, 5.41) is 5.16. The van der Waals surface area contributed by atoms with Crippen LogP contribution in [0.4, 0.5) is 0 Å². The van der Waals surface area contributed by atoms with Gasteiger partial charge >= 0.3 is 0 Å². The number of ether oxygens (including phenoxy) is 1. The molecule has 0 aromatic heterocycles. The van der Waals surface area contributed by atoms with E-state index in [2.05, 4.69) is 10.6 Å². The molecular weight excluding hydrogens is 172 g/mol. The lowest BCUT2D eigenvalue weighted by Gasteiger charge is -2.26. The number of carbonyl (C=O) groups is 2. The number of hydrogen-bond donors (Lipinski definition) is 2. The maximum absolute atomic E-state index is 11.3. The summed E-state index contributed by atoms with van der Waals surface area (Å²) >= 11 is 0. The SMILES string of the molecule is O=C1CNC(C2CCCO2)C(=O)N1. The Hall–Kier alpha value is -0.940. The molecular formula is C8H12N2O3. The van der Waals surface area contributed by atoms with E-state index in [0.29, 0.717) is 6.61 Å². The molecule has 2 aliphatic heterocycles. The molecule has 2 atom stereocenters. The fourth-order valence-corrected chi connectivity index (χ4v) is 1.72. The first-order valence-electron chi connectivity index (χ1n) is 4.46. The quantitative estimate of drug-likeness (QED) is 0.501. The van der Waals surface area contributed by atoms with Crippen molar-refractivity contribution in [3.05, 3.63) is 0 Å². The van der Waals surface area contributed by atoms with Gasteiger partial charge in [0.15, 0.2) is 0 Å². The molecule has 5 heteroatoms. The Morgan fingerprint density at radius 1 is 1.38 bits per heavy atom. The van der Waals surface area contributed by atoms with E-state index in [1.165, 1.54) is 0 Å². The molecule has 5 nitrogen and oxygen atoms in total. The third-order valence-corrected chi connectivity index (χ3v) is 2.36. The van der Waals surface area contributed by atoms with Gasteiger partial charge in [-0.05, 0) is 12.8 Å². The standard InChI is InChI=1S/C8H12N2O3/c11-6-4-9-7(8(12)10-6)5-2-1-3-13-5/h5,7,9H,1-4H2,(H,10,11,12). The Labute approximate surface area is 75.8 Å². The van der Waals surface area contributed by atoms with Gasteiger partial charge in [0.25, 0.3) is 0 Å². The lowest BCUT2D eigenvalue weighted by molar-refractivity contribution is -0.136. The highest BCUT2D eigenvalue weighted by Crippen LogP contribution is 2.16. The molecule has 2 aliphatic rings. The zero-order valence-corrected chi connectivity index (χ0v) is 7.21. The number of carbonyl (C=O) groups excluding carboxylic acids is 2. The van der Waals surface area contributed by atoms with Crippen molar-refractivity contribution in [2.75, 3.05) is 13.2 Å². The summed E-state index contributed by atoms with van der Waals surface area (Å²) in [6.07, 6.45) is 1.82. The average molecular weight is 184 g/mol. The van der Waals surface area contributed by atoms with E-state index in [4.69, 9.17) is 4.74 Å². The highest BCUT2D eigenvalue weighted by atomic mass is 16.5. The second-order valence-corrected chi connectivity index (χ2v) is 3.32. The predicted octanol–water partition coefficient (Wildman–Crippen LogP) is -1.22. The second-order valence-electron chi connectivity index (χ2n) is 3.32. The number of hydrogen-bond acceptors (Lipinski definition) is 4. The molecule has 2 fully saturated rings. The van der Waals surface area contributed by atoms with Crippen molar-refractivity contribution in [1.29, 1.82) is 0 Å². The van der Waals surface area contributed by atoms with Crippen molar-refractivity contribution in [3.63, 3.8) is 0 Å². The third kappa shape index (κ3) is 1.71. The first-order chi connectivity index (χ1) is 6.27. The zero-order valence-electron chi connectivity index (χ0n) is 7.21. The molecule has 2 rings (SSSR count). The van der Waals surface area contributed by atoms with Crippen molar-refractivity contribution in [2.24, 2.45) is 0 Å². The summed E-state index contributed by atoms with van der Waals surface area (Å²) in [6.45, 7) is 0.917. The Morgan fingerprint density at radius 3 is 2.85 bits per heavy atom. The van der Waals surface area contributed by atoms with Crippen LogP contribution in [0.15, 0.2) is 0 Å². The van der Waals surface area contributed by atoms with E-state index in [1.54, 1.807) is 0 Å². The van der Waals surface area contributed by atoms with Crippen LogP contribution in [0, 0.1) is 0 Å². The van der Waals surface area contributed by atoms with Gasteiger partial charge in [0.05, 0.1) is 12.6 Å². The van der Waals surface area contributed by atoms with Crippen LogP contribution in [-0.4, -0.2) is 37.1 Å². The molecule has 0 aromatic carbocycles. The molecule has 0 saturated carbocycles. The molecule has 2 N–H and O–H groups in total. The maximum Gasteiger partial charge on any atom is 0.246 e. The molecule has 0 radical (unpaired) electrons. The minimum Gasteiger partial charge on any atom is -0.376 e. The first-order valence-corrected chi connectivity index (χ1v) is 4.46. The lowest BCUT2D eigenvalue weighted by Crippen LogP contribution is -2.60. The average Bonchev–Trinajstić information content (AvgIpc) is 2.56. The summed E-state index contributed by atoms with van der Waals surface area (Å²) in [6, 6.07) is -0.347. The van der Waals surface area contributed by atoms with Crippen LogP contribution in [0.25, 0.3) is 0 Å². The molecule has 0 spiro atoms. The van der Waals surface area contributed by atoms with Crippen LogP contribution in [0.3, 0.4) is 0 Å². The topological polar surface area (TPSA) is 67.4 Å². The highest BCUT2D eigenvalue weighted by Gasteiger charge is 2.35. The van der Waals surface area contributed by atoms with E-state index < -0.39 is 0 Å². The Balaban J connectivity index is 1.98. The fraction of sp³-hybridized carbons (Fsp3) is 0.750. The van der Waals surface area contributed by atoms with Gasteiger partial charge in [-0.15, -0.1) is 0 Å². The van der Waals surface area contributed by atoms with Crippen LogP contribution in [-0.2, 0) is 14.3 Å². The highest BCUT2D eigenvalue weighted by molar-refractivity contribution is 6.01. The number of piperazine rings is 1. The van der Waals surface area contributed by atoms with Gasteiger partial charge in [0.2, 0.25) is 11.8 Å². The van der Waals surface area contributed by atoms with E-state index in [1.807, 2.05) is 0 Å². The van der Waals surface area contributed by atoms with Crippen molar-refractivity contribution in [2.45, 2.75) is 25.0 Å². The van der Waals surface area contributed by atoms with Crippen LogP contribution >= 0.6 is 0 Å². The second kappa shape index (κ2) is 3.43. The van der Waals surface area contributed by atoms with Crippen molar-refractivity contribution >= 4 is 11.8 Å². The van der Waals surface area contributed by atoms with E-state index in [-0.39, 0.29) is 30.5 Å². The maximum atomic E-state index is 11.3. The van der Waals surface area contributed by atoms with Gasteiger partial charge in [0.1, 0.15) is 6.04 Å². The molecule has 2 amide bonds. The van der Waals surface area contributed by atoms with Crippen LogP contribution in [0.2, 0.25) is 0 Å². The fourth-order valence-electron chi connectivity index (χ4n) is 1.72. The number of rotatable bonds is 1. The largest absolute Gasteiger partial charge is 0.376 e. The Kier molecular flexibility index (Phi) is 2.28. The van der Waals surface area contributed by atoms with Crippen LogP contribution < -0.4 is 10.6 Å². The predicted molar refractivity (Wildman–Crippen MR) is 43.9 cm³/mol. The van der Waals surface area contributed by atoms with Gasteiger partial charge in [-0.3, -0.25) is 20.2 Å². The van der Waals surface area contributed by atoms with Crippen LogP contribution in [0.5, 0.6) is 0 Å². The number of imide groups is 1. The molecule has 2 heterocycles. The van der Waals surface area contributed by atoms with E-state index in [0.717, 1.165) is 12.8 Å². The van der Waals surface area contributed by atoms with Crippen molar-refractivity contribution in [3.8, 4) is 0 Å². The van der Waals surface area contributed by atoms with Crippen molar-refractivity contribution < 1.29 is 14.3 Å². The molecule has 0 bridgehead atoms. The van der Waals surface area contributed by atoms with Crippen molar-refractivity contribution in [1.82, 2.24) is 10.6 Å². The summed E-state index contributed by atoms with van der Waals surface area (Å²) < 4.78 is 5.36. The van der Waals surface area contributed by atoms with Gasteiger partial charge in [-0.2, -0.15) is 0 Å². The molecule has 0 aliphatic carbocycles. The third-order valence-electron chi connectivity index (χ3n) is 2.36. The van der Waals surface area contributed by atoms with E-state index in [9.17, 15) is 9.59 Å². The molecule has 2 unspecified atom stereocenters. The summed E-state index contributed by atoms with van der Waals surface area (Å²) in [5.74, 6) is -0.526. The summed E-state index contributed by atoms with van der Waals surface area (Å²) in [7, 11) is 0. The molecule has 2 saturated heterocycles. The summed E-state index contributed by atoms with van der Waals surface area (Å²) in [5.41, 5.74) is 0. The molecule has 72 valence electrons. The lowest BCUT2D eigenvalue weighted by atomic mass is 10.1. The van der Waals surface area contributed by atoms with Crippen LogP contribution in [0.1, 0.15) is 12.8 Å². The minimum atomic E-state index is -0.347. The van der Waals surface area contributed by atoms with Gasteiger partial charge < -0.3 is 4.74 Å². The Bertz CT molecular complexity index is 236. The first kappa shape index (κ1) is 8.65. The van der Waals surface area contributed by atoms with Gasteiger partial charge in [-0.1, -0.05) is 0 Å². The zero-order chi connectivity index (χ0) is 9.26. The Morgan fingerprint density at radius 2 is 2.23 bits per heavy atom. The minimum absolute atomic E-state index is 0.0619. The van der Waals surface area contributed by atoms with E-state index >= 15 is 0 Å². The van der Waals surface area contributed by atoms with Gasteiger partial charge in [0, 0.05) is 6.61 Å². The smallest absolute Gasteiger partial charge is 0.246 e.